The molecule has 0 bridgehead atoms. The molecule has 1 aromatic heterocycles. The van der Waals surface area contributed by atoms with E-state index in [4.69, 9.17) is 9.20 Å². The minimum atomic E-state index is -2.55. The summed E-state index contributed by atoms with van der Waals surface area (Å²) in [6.45, 7) is 10.1. The van der Waals surface area contributed by atoms with Crippen molar-refractivity contribution in [1.29, 1.82) is 4.78 Å². The molecule has 2 aromatic carbocycles. The van der Waals surface area contributed by atoms with Crippen LogP contribution in [0.3, 0.4) is 0 Å². The Kier molecular flexibility index (Phi) is 7.13. The number of thiol groups is 1. The molecule has 2 heterocycles. The Morgan fingerprint density at radius 3 is 2.53 bits per heavy atom. The van der Waals surface area contributed by atoms with Crippen molar-refractivity contribution in [2.75, 3.05) is 30.4 Å². The maximum atomic E-state index is 13.1. The second kappa shape index (κ2) is 9.97. The Morgan fingerprint density at radius 2 is 1.86 bits per heavy atom. The van der Waals surface area contributed by atoms with Gasteiger partial charge in [-0.1, -0.05) is 32.0 Å². The van der Waals surface area contributed by atoms with E-state index in [0.29, 0.717) is 28.1 Å². The first-order chi connectivity index (χ1) is 17.0. The molecule has 0 spiro atoms. The first kappa shape index (κ1) is 25.8. The predicted molar refractivity (Wildman–Crippen MR) is 145 cm³/mol. The van der Waals surface area contributed by atoms with E-state index in [1.165, 1.54) is 7.05 Å². The van der Waals surface area contributed by atoms with Crippen molar-refractivity contribution in [1.82, 2.24) is 4.31 Å². The van der Waals surface area contributed by atoms with Gasteiger partial charge >= 0.3 is 0 Å². The molecule has 1 amide bonds. The second-order valence-electron chi connectivity index (χ2n) is 10.3. The average molecular weight is 511 g/mol. The van der Waals surface area contributed by atoms with Gasteiger partial charge in [0.25, 0.3) is 5.91 Å². The maximum Gasteiger partial charge on any atom is 0.267 e. The number of hydrogen-bond donors (Lipinski definition) is 3. The third kappa shape index (κ3) is 5.26. The van der Waals surface area contributed by atoms with E-state index in [1.807, 2.05) is 26.0 Å². The Hall–Kier alpha value is -3.33. The van der Waals surface area contributed by atoms with Crippen molar-refractivity contribution in [3.05, 3.63) is 69.4 Å². The van der Waals surface area contributed by atoms with Gasteiger partial charge in [0.2, 0.25) is 0 Å². The van der Waals surface area contributed by atoms with Crippen molar-refractivity contribution >= 4 is 39.2 Å². The Bertz CT molecular complexity index is 1430. The summed E-state index contributed by atoms with van der Waals surface area (Å²) in [5.74, 6) is 0.0779. The number of piperidine rings is 1. The van der Waals surface area contributed by atoms with Gasteiger partial charge < -0.3 is 14.6 Å². The minimum Gasteiger partial charge on any atom is -0.440 e. The van der Waals surface area contributed by atoms with Crippen LogP contribution in [-0.2, 0) is 10.8 Å². The van der Waals surface area contributed by atoms with Crippen LogP contribution in [-0.4, -0.2) is 34.6 Å². The molecular weight excluding hydrogens is 476 g/mol. The highest BCUT2D eigenvalue weighted by molar-refractivity contribution is 7.71. The first-order valence-electron chi connectivity index (χ1n) is 12.1. The fraction of sp³-hybridized carbons (Fsp3) is 0.407. The molecule has 0 saturated carbocycles. The van der Waals surface area contributed by atoms with Gasteiger partial charge in [0.15, 0.2) is 11.3 Å². The molecule has 1 aliphatic rings. The molecule has 192 valence electrons. The van der Waals surface area contributed by atoms with E-state index in [2.05, 4.69) is 24.1 Å². The van der Waals surface area contributed by atoms with Crippen LogP contribution in [0, 0.1) is 17.1 Å². The van der Waals surface area contributed by atoms with Crippen molar-refractivity contribution in [3.8, 4) is 0 Å². The number of nitrogens with zero attached hydrogens (tertiary/aromatic N) is 2. The van der Waals surface area contributed by atoms with Crippen molar-refractivity contribution in [2.24, 2.45) is 5.41 Å². The van der Waals surface area contributed by atoms with Gasteiger partial charge in [-0.25, -0.2) is 8.99 Å². The van der Waals surface area contributed by atoms with Gasteiger partial charge in [-0.3, -0.25) is 13.9 Å². The highest BCUT2D eigenvalue weighted by atomic mass is 32.2. The molecule has 2 atom stereocenters. The highest BCUT2D eigenvalue weighted by Gasteiger charge is 2.27. The predicted octanol–water partition coefficient (Wildman–Crippen LogP) is 5.13. The summed E-state index contributed by atoms with van der Waals surface area (Å²) in [6, 6.07) is 12.0. The van der Waals surface area contributed by atoms with Crippen LogP contribution in [0.15, 0.2) is 51.7 Å². The number of aryl methyl sites for hydroxylation is 1. The first-order valence-corrected chi connectivity index (χ1v) is 13.3. The molecule has 1 fully saturated rings. The van der Waals surface area contributed by atoms with Crippen LogP contribution in [0.1, 0.15) is 61.1 Å². The molecule has 0 aliphatic carbocycles. The van der Waals surface area contributed by atoms with Gasteiger partial charge in [0.05, 0.1) is 17.0 Å². The number of benzene rings is 2. The van der Waals surface area contributed by atoms with Crippen LogP contribution in [0.4, 0.5) is 11.6 Å². The van der Waals surface area contributed by atoms with E-state index in [0.717, 1.165) is 41.4 Å². The molecule has 1 saturated heterocycles. The molecule has 2 N–H and O–H groups in total. The number of carbonyl (C=O) groups excluding carboxylic acids is 1. The lowest BCUT2D eigenvalue weighted by Gasteiger charge is -2.37. The van der Waals surface area contributed by atoms with E-state index >= 15 is 0 Å². The zero-order valence-corrected chi connectivity index (χ0v) is 22.3. The van der Waals surface area contributed by atoms with E-state index < -0.39 is 16.7 Å². The van der Waals surface area contributed by atoms with Crippen LogP contribution in [0.25, 0.3) is 11.0 Å². The normalized spacial score (nSPS) is 17.0. The number of anilines is 2. The van der Waals surface area contributed by atoms with Crippen molar-refractivity contribution in [3.63, 3.8) is 0 Å². The van der Waals surface area contributed by atoms with Crippen molar-refractivity contribution in [2.45, 2.75) is 46.6 Å². The fourth-order valence-electron chi connectivity index (χ4n) is 4.60. The molecule has 4 rings (SSSR count). The molecule has 1 unspecified atom stereocenters. The standard InChI is InChI=1S/C27H34N4O4S/c1-17-14-20(18(2)29-22-9-7-6-8-19(22)26(33)30(5)36(28)34)25-21(15-17)23(32)16-24(35-25)31-12-10-27(3,4)11-13-31/h6-9,14-16,18,28-29,36H,10-13H2,1-5H3/t18-/m1/s1. The van der Waals surface area contributed by atoms with Crippen molar-refractivity contribution < 1.29 is 13.4 Å². The smallest absolute Gasteiger partial charge is 0.267 e. The van der Waals surface area contributed by atoms with Gasteiger partial charge in [0.1, 0.15) is 16.4 Å². The number of para-hydroxylation sites is 1. The lowest BCUT2D eigenvalue weighted by Crippen LogP contribution is -2.37. The largest absolute Gasteiger partial charge is 0.440 e. The second-order valence-corrected chi connectivity index (χ2v) is 11.5. The SMILES string of the molecule is Cc1cc([C@@H](C)Nc2ccccc2C(=O)N(C)[SH](=N)=O)c2oc(N3CCC(C)(C)CC3)cc(=O)c2c1. The number of fused-ring (bicyclic) bond motifs is 1. The quantitative estimate of drug-likeness (QED) is 0.397. The number of carbonyl (C=O) groups is 1. The minimum absolute atomic E-state index is 0.0790. The number of nitrogens with one attached hydrogen (secondary N) is 2. The third-order valence-electron chi connectivity index (χ3n) is 6.98. The highest BCUT2D eigenvalue weighted by Crippen LogP contribution is 2.34. The summed E-state index contributed by atoms with van der Waals surface area (Å²) in [4.78, 5) is 28.1. The van der Waals surface area contributed by atoms with Crippen LogP contribution >= 0.6 is 0 Å². The van der Waals surface area contributed by atoms with E-state index in [-0.39, 0.29) is 16.9 Å². The summed E-state index contributed by atoms with van der Waals surface area (Å²) in [5, 5.41) is 3.89. The van der Waals surface area contributed by atoms with Gasteiger partial charge in [-0.05, 0) is 55.9 Å². The zero-order valence-electron chi connectivity index (χ0n) is 21.4. The molecule has 1 aliphatic heterocycles. The lowest BCUT2D eigenvalue weighted by molar-refractivity contribution is 0.0889. The van der Waals surface area contributed by atoms with E-state index in [9.17, 15) is 13.8 Å². The Balaban J connectivity index is 1.73. The summed E-state index contributed by atoms with van der Waals surface area (Å²) < 4.78 is 26.3. The van der Waals surface area contributed by atoms with Crippen LogP contribution in [0.5, 0.6) is 0 Å². The van der Waals surface area contributed by atoms with Gasteiger partial charge in [-0.2, -0.15) is 0 Å². The monoisotopic (exact) mass is 510 g/mol. The number of amides is 1. The van der Waals surface area contributed by atoms with Crippen LogP contribution < -0.4 is 15.6 Å². The van der Waals surface area contributed by atoms with Gasteiger partial charge in [0, 0.05) is 37.5 Å². The summed E-state index contributed by atoms with van der Waals surface area (Å²) >= 11 is 0. The topological polar surface area (TPSA) is 107 Å². The molecule has 36 heavy (non-hydrogen) atoms. The van der Waals surface area contributed by atoms with E-state index in [1.54, 1.807) is 30.3 Å². The molecule has 3 aromatic rings. The molecule has 0 radical (unpaired) electrons. The molecule has 9 heteroatoms. The van der Waals surface area contributed by atoms with Gasteiger partial charge in [-0.15, -0.1) is 0 Å². The maximum absolute atomic E-state index is 13.1. The lowest BCUT2D eigenvalue weighted by atomic mass is 9.83. The molecule has 8 nitrogen and oxygen atoms in total. The third-order valence-corrected chi connectivity index (χ3v) is 7.71. The average Bonchev–Trinajstić information content (AvgIpc) is 2.83. The zero-order chi connectivity index (χ0) is 26.2. The number of hydrogen-bond acceptors (Lipinski definition) is 7. The Morgan fingerprint density at radius 1 is 1.19 bits per heavy atom. The summed E-state index contributed by atoms with van der Waals surface area (Å²) in [5.41, 5.74) is 3.33. The number of rotatable bonds is 6. The summed E-state index contributed by atoms with van der Waals surface area (Å²) in [7, 11) is -1.20. The van der Waals surface area contributed by atoms with Crippen LogP contribution in [0.2, 0.25) is 0 Å². The fourth-order valence-corrected chi connectivity index (χ4v) is 4.87. The molecular formula is C27H34N4O4S. The summed E-state index contributed by atoms with van der Waals surface area (Å²) in [6.07, 6.45) is 2.05. The Labute approximate surface area is 213 Å².